The highest BCUT2D eigenvalue weighted by Crippen LogP contribution is 2.30. The Bertz CT molecular complexity index is 502. The highest BCUT2D eigenvalue weighted by atomic mass is 16.5. The van der Waals surface area contributed by atoms with Gasteiger partial charge in [0.2, 0.25) is 5.91 Å². The molecule has 1 aliphatic rings. The van der Waals surface area contributed by atoms with Crippen molar-refractivity contribution in [1.82, 2.24) is 10.6 Å². The first-order chi connectivity index (χ1) is 9.10. The third-order valence-electron chi connectivity index (χ3n) is 2.80. The number of amides is 2. The second kappa shape index (κ2) is 5.71. The van der Waals surface area contributed by atoms with E-state index in [-0.39, 0.29) is 18.4 Å². The van der Waals surface area contributed by atoms with Gasteiger partial charge in [0, 0.05) is 6.54 Å². The van der Waals surface area contributed by atoms with Crippen LogP contribution in [0.25, 0.3) is 0 Å². The van der Waals surface area contributed by atoms with E-state index in [0.29, 0.717) is 18.0 Å². The summed E-state index contributed by atoms with van der Waals surface area (Å²) in [6.07, 6.45) is -0.478. The molecule has 0 bridgehead atoms. The fourth-order valence-corrected chi connectivity index (χ4v) is 1.79. The fourth-order valence-electron chi connectivity index (χ4n) is 1.79. The van der Waals surface area contributed by atoms with Gasteiger partial charge in [0.1, 0.15) is 5.75 Å². The molecule has 3 N–H and O–H groups in total. The molecule has 0 spiro atoms. The van der Waals surface area contributed by atoms with E-state index in [1.54, 1.807) is 26.1 Å². The third kappa shape index (κ3) is 3.23. The van der Waals surface area contributed by atoms with Crippen LogP contribution >= 0.6 is 0 Å². The van der Waals surface area contributed by atoms with Gasteiger partial charge in [-0.25, -0.2) is 0 Å². The topological polar surface area (TPSA) is 79.5 Å². The predicted octanol–water partition coefficient (Wildman–Crippen LogP) is 0.242. The predicted molar refractivity (Wildman–Crippen MR) is 70.9 cm³/mol. The average molecular weight is 263 g/mol. The molecule has 0 saturated heterocycles. The second-order valence-corrected chi connectivity index (χ2v) is 4.39. The molecule has 1 atom stereocenters. The van der Waals surface area contributed by atoms with Crippen LogP contribution < -0.4 is 20.7 Å². The summed E-state index contributed by atoms with van der Waals surface area (Å²) in [5.41, 5.74) is 1.55. The van der Waals surface area contributed by atoms with Gasteiger partial charge in [-0.1, -0.05) is 6.07 Å². The van der Waals surface area contributed by atoms with Crippen LogP contribution in [-0.2, 0) is 16.1 Å². The number of rotatable bonds is 4. The Morgan fingerprint density at radius 3 is 3.00 bits per heavy atom. The first-order valence-corrected chi connectivity index (χ1v) is 6.12. The molecular formula is C13H17N3O3. The van der Waals surface area contributed by atoms with Gasteiger partial charge in [-0.15, -0.1) is 0 Å². The number of anilines is 1. The van der Waals surface area contributed by atoms with E-state index in [1.807, 2.05) is 6.07 Å². The Morgan fingerprint density at radius 1 is 1.47 bits per heavy atom. The Morgan fingerprint density at radius 2 is 2.26 bits per heavy atom. The lowest BCUT2D eigenvalue weighted by Crippen LogP contribution is -2.34. The normalized spacial score (nSPS) is 17.2. The standard InChI is InChI=1S/C13H17N3O3/c1-8-13(18)16-10-5-9(3-4-11(10)19-8)6-15-12(17)7-14-2/h3-5,8,14H,6-7H2,1-2H3,(H,15,17)(H,16,18). The minimum Gasteiger partial charge on any atom is -0.479 e. The van der Waals surface area contributed by atoms with Crippen LogP contribution in [0.15, 0.2) is 18.2 Å². The summed E-state index contributed by atoms with van der Waals surface area (Å²) in [5, 5.41) is 8.32. The highest BCUT2D eigenvalue weighted by Gasteiger charge is 2.23. The van der Waals surface area contributed by atoms with E-state index in [1.165, 1.54) is 0 Å². The molecular weight excluding hydrogens is 246 g/mol. The van der Waals surface area contributed by atoms with Crippen molar-refractivity contribution in [3.8, 4) is 5.75 Å². The third-order valence-corrected chi connectivity index (χ3v) is 2.80. The van der Waals surface area contributed by atoms with E-state index in [2.05, 4.69) is 16.0 Å². The molecule has 0 aromatic heterocycles. The zero-order valence-corrected chi connectivity index (χ0v) is 10.9. The van der Waals surface area contributed by atoms with Crippen LogP contribution in [0.4, 0.5) is 5.69 Å². The average Bonchev–Trinajstić information content (AvgIpc) is 2.38. The van der Waals surface area contributed by atoms with E-state index >= 15 is 0 Å². The number of nitrogens with one attached hydrogen (secondary N) is 3. The number of carbonyl (C=O) groups is 2. The van der Waals surface area contributed by atoms with Gasteiger partial charge in [0.15, 0.2) is 6.10 Å². The zero-order chi connectivity index (χ0) is 13.8. The van der Waals surface area contributed by atoms with Gasteiger partial charge in [0.25, 0.3) is 5.91 Å². The molecule has 1 unspecified atom stereocenters. The number of fused-ring (bicyclic) bond motifs is 1. The van der Waals surface area contributed by atoms with Crippen LogP contribution in [0.1, 0.15) is 12.5 Å². The summed E-state index contributed by atoms with van der Waals surface area (Å²) in [4.78, 5) is 22.8. The number of hydrogen-bond acceptors (Lipinski definition) is 4. The Labute approximate surface area is 111 Å². The van der Waals surface area contributed by atoms with E-state index in [0.717, 1.165) is 5.56 Å². The van der Waals surface area contributed by atoms with Crippen molar-refractivity contribution < 1.29 is 14.3 Å². The van der Waals surface area contributed by atoms with Crippen molar-refractivity contribution in [1.29, 1.82) is 0 Å². The largest absolute Gasteiger partial charge is 0.479 e. The molecule has 6 nitrogen and oxygen atoms in total. The number of benzene rings is 1. The van der Waals surface area contributed by atoms with E-state index in [4.69, 9.17) is 4.74 Å². The van der Waals surface area contributed by atoms with E-state index in [9.17, 15) is 9.59 Å². The van der Waals surface area contributed by atoms with Crippen molar-refractivity contribution in [3.63, 3.8) is 0 Å². The molecule has 0 saturated carbocycles. The van der Waals surface area contributed by atoms with Crippen molar-refractivity contribution in [2.45, 2.75) is 19.6 Å². The number of carbonyl (C=O) groups excluding carboxylic acids is 2. The SMILES string of the molecule is CNCC(=O)NCc1ccc2c(c1)NC(=O)C(C)O2. The highest BCUT2D eigenvalue weighted by molar-refractivity contribution is 5.97. The van der Waals surface area contributed by atoms with E-state index < -0.39 is 6.10 Å². The Kier molecular flexibility index (Phi) is 4.01. The van der Waals surface area contributed by atoms with Gasteiger partial charge in [-0.3, -0.25) is 9.59 Å². The first-order valence-electron chi connectivity index (χ1n) is 6.12. The maximum absolute atomic E-state index is 11.5. The lowest BCUT2D eigenvalue weighted by atomic mass is 10.1. The van der Waals surface area contributed by atoms with Gasteiger partial charge >= 0.3 is 0 Å². The van der Waals surface area contributed by atoms with Crippen molar-refractivity contribution in [2.75, 3.05) is 18.9 Å². The molecule has 0 fully saturated rings. The molecule has 6 heteroatoms. The Balaban J connectivity index is 2.03. The van der Waals surface area contributed by atoms with Crippen molar-refractivity contribution in [3.05, 3.63) is 23.8 Å². The van der Waals surface area contributed by atoms with Gasteiger partial charge in [-0.2, -0.15) is 0 Å². The molecule has 2 rings (SSSR count). The molecule has 1 heterocycles. The Hall–Kier alpha value is -2.08. The zero-order valence-electron chi connectivity index (χ0n) is 10.9. The van der Waals surface area contributed by atoms with Crippen molar-refractivity contribution in [2.24, 2.45) is 0 Å². The summed E-state index contributed by atoms with van der Waals surface area (Å²) in [5.74, 6) is 0.412. The molecule has 0 radical (unpaired) electrons. The lowest BCUT2D eigenvalue weighted by molar-refractivity contribution is -0.123. The number of hydrogen-bond donors (Lipinski definition) is 3. The first kappa shape index (κ1) is 13.4. The van der Waals surface area contributed by atoms with Crippen LogP contribution in [0, 0.1) is 0 Å². The van der Waals surface area contributed by atoms with Crippen molar-refractivity contribution >= 4 is 17.5 Å². The monoisotopic (exact) mass is 263 g/mol. The smallest absolute Gasteiger partial charge is 0.265 e. The second-order valence-electron chi connectivity index (χ2n) is 4.39. The molecule has 1 aliphatic heterocycles. The van der Waals surface area contributed by atoms with Crippen LogP contribution in [0.5, 0.6) is 5.75 Å². The quantitative estimate of drug-likeness (QED) is 0.727. The van der Waals surface area contributed by atoms with Crippen LogP contribution in [-0.4, -0.2) is 31.5 Å². The summed E-state index contributed by atoms with van der Waals surface area (Å²) < 4.78 is 5.45. The molecule has 102 valence electrons. The molecule has 0 aliphatic carbocycles. The molecule has 19 heavy (non-hydrogen) atoms. The minimum absolute atomic E-state index is 0.0749. The van der Waals surface area contributed by atoms with Gasteiger partial charge < -0.3 is 20.7 Å². The minimum atomic E-state index is -0.478. The van der Waals surface area contributed by atoms with Crippen LogP contribution in [0.3, 0.4) is 0 Å². The maximum atomic E-state index is 11.5. The summed E-state index contributed by atoms with van der Waals surface area (Å²) in [6.45, 7) is 2.39. The summed E-state index contributed by atoms with van der Waals surface area (Å²) in [6, 6.07) is 5.46. The summed E-state index contributed by atoms with van der Waals surface area (Å²) >= 11 is 0. The van der Waals surface area contributed by atoms with Crippen LogP contribution in [0.2, 0.25) is 0 Å². The lowest BCUT2D eigenvalue weighted by Gasteiger charge is -2.23. The fraction of sp³-hybridized carbons (Fsp3) is 0.385. The maximum Gasteiger partial charge on any atom is 0.265 e. The number of ether oxygens (including phenoxy) is 1. The summed E-state index contributed by atoms with van der Waals surface area (Å²) in [7, 11) is 1.71. The van der Waals surface area contributed by atoms with Gasteiger partial charge in [-0.05, 0) is 31.7 Å². The molecule has 2 amide bonds. The molecule has 1 aromatic carbocycles. The molecule has 1 aromatic rings. The number of likely N-dealkylation sites (N-methyl/N-ethyl adjacent to an activating group) is 1. The van der Waals surface area contributed by atoms with Gasteiger partial charge in [0.05, 0.1) is 12.2 Å².